The van der Waals surface area contributed by atoms with Crippen LogP contribution >= 0.6 is 15.9 Å². The molecule has 3 nitrogen and oxygen atoms in total. The number of benzene rings is 1. The van der Waals surface area contributed by atoms with Crippen LogP contribution in [0.4, 0.5) is 4.39 Å². The van der Waals surface area contributed by atoms with Crippen molar-refractivity contribution in [2.75, 3.05) is 0 Å². The summed E-state index contributed by atoms with van der Waals surface area (Å²) in [6.07, 6.45) is 2.42. The molecule has 1 aromatic carbocycles. The van der Waals surface area contributed by atoms with E-state index < -0.39 is 5.82 Å². The van der Waals surface area contributed by atoms with Crippen molar-refractivity contribution in [2.24, 2.45) is 0 Å². The quantitative estimate of drug-likeness (QED) is 0.811. The van der Waals surface area contributed by atoms with Crippen molar-refractivity contribution in [1.82, 2.24) is 9.78 Å². The van der Waals surface area contributed by atoms with Gasteiger partial charge in [-0.3, -0.25) is 9.48 Å². The molecule has 0 aliphatic rings. The summed E-state index contributed by atoms with van der Waals surface area (Å²) in [6, 6.07) is 6.29. The van der Waals surface area contributed by atoms with Crippen molar-refractivity contribution >= 4 is 21.7 Å². The van der Waals surface area contributed by atoms with Crippen molar-refractivity contribution in [3.05, 3.63) is 52.0 Å². The molecular formula is C13H12BrFN2O. The number of carbonyl (C=O) groups is 1. The van der Waals surface area contributed by atoms with E-state index in [2.05, 4.69) is 21.0 Å². The van der Waals surface area contributed by atoms with Crippen LogP contribution in [-0.2, 0) is 6.54 Å². The average molecular weight is 311 g/mol. The van der Waals surface area contributed by atoms with Gasteiger partial charge in [0.2, 0.25) is 5.78 Å². The summed E-state index contributed by atoms with van der Waals surface area (Å²) >= 11 is 3.08. The first-order valence-corrected chi connectivity index (χ1v) is 6.45. The molecule has 0 unspecified atom stereocenters. The molecule has 0 radical (unpaired) electrons. The monoisotopic (exact) mass is 310 g/mol. The van der Waals surface area contributed by atoms with Gasteiger partial charge in [-0.15, -0.1) is 0 Å². The summed E-state index contributed by atoms with van der Waals surface area (Å²) in [7, 11) is 0. The first-order valence-electron chi connectivity index (χ1n) is 5.65. The maximum absolute atomic E-state index is 13.9. The largest absolute Gasteiger partial charge is 0.287 e. The molecule has 5 heteroatoms. The van der Waals surface area contributed by atoms with Gasteiger partial charge in [-0.05, 0) is 40.5 Å². The third kappa shape index (κ3) is 2.36. The van der Waals surface area contributed by atoms with Crippen LogP contribution in [0, 0.1) is 5.82 Å². The van der Waals surface area contributed by atoms with Gasteiger partial charge in [0.15, 0.2) is 0 Å². The van der Waals surface area contributed by atoms with E-state index in [-0.39, 0.29) is 15.8 Å². The zero-order valence-electron chi connectivity index (χ0n) is 9.86. The Bertz CT molecular complexity index is 580. The van der Waals surface area contributed by atoms with E-state index in [1.54, 1.807) is 29.1 Å². The zero-order valence-corrected chi connectivity index (χ0v) is 11.4. The summed E-state index contributed by atoms with van der Waals surface area (Å²) < 4.78 is 15.8. The van der Waals surface area contributed by atoms with E-state index in [1.807, 2.05) is 6.92 Å². The van der Waals surface area contributed by atoms with Crippen molar-refractivity contribution in [3.63, 3.8) is 0 Å². The highest BCUT2D eigenvalue weighted by Crippen LogP contribution is 2.21. The van der Waals surface area contributed by atoms with Crippen LogP contribution < -0.4 is 0 Å². The fraction of sp³-hybridized carbons (Fsp3) is 0.231. The SMILES string of the molecule is CCCn1nccc1C(=O)c1cccc(Br)c1F. The van der Waals surface area contributed by atoms with Crippen molar-refractivity contribution < 1.29 is 9.18 Å². The Morgan fingerprint density at radius 3 is 2.94 bits per heavy atom. The van der Waals surface area contributed by atoms with Gasteiger partial charge < -0.3 is 0 Å². The van der Waals surface area contributed by atoms with Crippen molar-refractivity contribution in [3.8, 4) is 0 Å². The first kappa shape index (κ1) is 13.0. The Hall–Kier alpha value is -1.49. The standard InChI is InChI=1S/C13H12BrFN2O/c1-2-8-17-11(6-7-16-17)13(18)9-4-3-5-10(14)12(9)15/h3-7H,2,8H2,1H3. The van der Waals surface area contributed by atoms with Crippen LogP contribution in [0.15, 0.2) is 34.9 Å². The molecule has 0 aliphatic carbocycles. The lowest BCUT2D eigenvalue weighted by molar-refractivity contribution is 0.102. The van der Waals surface area contributed by atoms with Crippen LogP contribution in [0.1, 0.15) is 29.4 Å². The Labute approximate surface area is 113 Å². The molecule has 0 bridgehead atoms. The number of nitrogens with zero attached hydrogens (tertiary/aromatic N) is 2. The molecule has 2 aromatic rings. The van der Waals surface area contributed by atoms with Crippen LogP contribution in [0.5, 0.6) is 0 Å². The summed E-state index contributed by atoms with van der Waals surface area (Å²) in [4.78, 5) is 12.3. The molecule has 2 rings (SSSR count). The van der Waals surface area contributed by atoms with Gasteiger partial charge in [0.1, 0.15) is 11.5 Å². The minimum Gasteiger partial charge on any atom is -0.287 e. The summed E-state index contributed by atoms with van der Waals surface area (Å²) in [5, 5.41) is 4.07. The van der Waals surface area contributed by atoms with Gasteiger partial charge in [-0.2, -0.15) is 5.10 Å². The fourth-order valence-corrected chi connectivity index (χ4v) is 2.10. The molecule has 0 saturated carbocycles. The molecule has 0 spiro atoms. The molecule has 0 aliphatic heterocycles. The number of aryl methyl sites for hydroxylation is 1. The predicted octanol–water partition coefficient (Wildman–Crippen LogP) is 3.43. The Balaban J connectivity index is 2.42. The summed E-state index contributed by atoms with van der Waals surface area (Å²) in [5.74, 6) is -0.883. The van der Waals surface area contributed by atoms with Gasteiger partial charge in [0.25, 0.3) is 0 Å². The van der Waals surface area contributed by atoms with Crippen LogP contribution in [0.25, 0.3) is 0 Å². The van der Waals surface area contributed by atoms with Crippen molar-refractivity contribution in [1.29, 1.82) is 0 Å². The molecule has 18 heavy (non-hydrogen) atoms. The number of rotatable bonds is 4. The molecule has 94 valence electrons. The second kappa shape index (κ2) is 5.44. The molecule has 0 amide bonds. The lowest BCUT2D eigenvalue weighted by Gasteiger charge is -2.06. The van der Waals surface area contributed by atoms with Gasteiger partial charge in [-0.1, -0.05) is 13.0 Å². The van der Waals surface area contributed by atoms with Gasteiger partial charge >= 0.3 is 0 Å². The highest BCUT2D eigenvalue weighted by molar-refractivity contribution is 9.10. The van der Waals surface area contributed by atoms with E-state index in [4.69, 9.17) is 0 Å². The third-order valence-electron chi connectivity index (χ3n) is 2.58. The Morgan fingerprint density at radius 2 is 2.22 bits per heavy atom. The van der Waals surface area contributed by atoms with E-state index in [0.29, 0.717) is 12.2 Å². The second-order valence-corrected chi connectivity index (χ2v) is 4.72. The highest BCUT2D eigenvalue weighted by Gasteiger charge is 2.18. The fourth-order valence-electron chi connectivity index (χ4n) is 1.73. The van der Waals surface area contributed by atoms with Crippen molar-refractivity contribution in [2.45, 2.75) is 19.9 Å². The number of carbonyl (C=O) groups excluding carboxylic acids is 1. The van der Waals surface area contributed by atoms with E-state index in [1.165, 1.54) is 6.07 Å². The summed E-state index contributed by atoms with van der Waals surface area (Å²) in [5.41, 5.74) is 0.469. The maximum Gasteiger partial charge on any atom is 0.214 e. The number of halogens is 2. The zero-order chi connectivity index (χ0) is 13.1. The Morgan fingerprint density at radius 1 is 1.44 bits per heavy atom. The first-order chi connectivity index (χ1) is 8.65. The topological polar surface area (TPSA) is 34.9 Å². The van der Waals surface area contributed by atoms with E-state index in [0.717, 1.165) is 6.42 Å². The minimum absolute atomic E-state index is 0.0576. The predicted molar refractivity (Wildman–Crippen MR) is 70.1 cm³/mol. The van der Waals surface area contributed by atoms with Crippen LogP contribution in [0.2, 0.25) is 0 Å². The van der Waals surface area contributed by atoms with E-state index in [9.17, 15) is 9.18 Å². The van der Waals surface area contributed by atoms with E-state index >= 15 is 0 Å². The normalized spacial score (nSPS) is 10.6. The number of aromatic nitrogens is 2. The number of hydrogen-bond acceptors (Lipinski definition) is 2. The number of ketones is 1. The second-order valence-electron chi connectivity index (χ2n) is 3.87. The third-order valence-corrected chi connectivity index (χ3v) is 3.19. The average Bonchev–Trinajstić information content (AvgIpc) is 2.80. The van der Waals surface area contributed by atoms with Crippen LogP contribution in [-0.4, -0.2) is 15.6 Å². The lowest BCUT2D eigenvalue weighted by Crippen LogP contribution is -2.12. The molecule has 0 saturated heterocycles. The molecule has 0 fully saturated rings. The number of hydrogen-bond donors (Lipinski definition) is 0. The molecule has 0 atom stereocenters. The molecular weight excluding hydrogens is 299 g/mol. The van der Waals surface area contributed by atoms with Crippen LogP contribution in [0.3, 0.4) is 0 Å². The van der Waals surface area contributed by atoms with Gasteiger partial charge in [-0.25, -0.2) is 4.39 Å². The molecule has 0 N–H and O–H groups in total. The van der Waals surface area contributed by atoms with Gasteiger partial charge in [0, 0.05) is 12.7 Å². The summed E-state index contributed by atoms with van der Waals surface area (Å²) in [6.45, 7) is 2.64. The Kier molecular flexibility index (Phi) is 3.91. The molecule has 1 heterocycles. The van der Waals surface area contributed by atoms with Gasteiger partial charge in [0.05, 0.1) is 10.0 Å². The minimum atomic E-state index is -0.535. The lowest BCUT2D eigenvalue weighted by atomic mass is 10.1. The highest BCUT2D eigenvalue weighted by atomic mass is 79.9. The molecule has 1 aromatic heterocycles. The smallest absolute Gasteiger partial charge is 0.214 e. The maximum atomic E-state index is 13.9.